The molecule has 1 atom stereocenters. The van der Waals surface area contributed by atoms with Crippen molar-refractivity contribution in [3.8, 4) is 6.07 Å². The number of nitriles is 1. The highest BCUT2D eigenvalue weighted by atomic mass is 32.2. The van der Waals surface area contributed by atoms with Crippen LogP contribution in [0.25, 0.3) is 0 Å². The van der Waals surface area contributed by atoms with Gasteiger partial charge in [0.05, 0.1) is 11.0 Å². The summed E-state index contributed by atoms with van der Waals surface area (Å²) in [4.78, 5) is 12.9. The summed E-state index contributed by atoms with van der Waals surface area (Å²) >= 11 is 0. The smallest absolute Gasteiger partial charge is 0.251 e. The number of nitrogens with zero attached hydrogens (tertiary/aromatic N) is 1. The molecule has 0 fully saturated rings. The lowest BCUT2D eigenvalue weighted by molar-refractivity contribution is 0.0943. The van der Waals surface area contributed by atoms with Gasteiger partial charge >= 0.3 is 0 Å². The van der Waals surface area contributed by atoms with E-state index < -0.39 is 10.0 Å². The molecule has 0 radical (unpaired) electrons. The Morgan fingerprint density at radius 2 is 1.50 bits per heavy atom. The fourth-order valence-corrected chi connectivity index (χ4v) is 6.43. The predicted molar refractivity (Wildman–Crippen MR) is 129 cm³/mol. The molecule has 3 aromatic rings. The van der Waals surface area contributed by atoms with Gasteiger partial charge in [-0.3, -0.25) is 4.79 Å². The average Bonchev–Trinajstić information content (AvgIpc) is 2.87. The Bertz CT molecular complexity index is 1330. The van der Waals surface area contributed by atoms with Gasteiger partial charge in [0, 0.05) is 36.9 Å². The van der Waals surface area contributed by atoms with Crippen molar-refractivity contribution >= 4 is 15.9 Å². The minimum absolute atomic E-state index is 0.0525. The first-order valence-electron chi connectivity index (χ1n) is 11.4. The zero-order valence-corrected chi connectivity index (χ0v) is 19.4. The summed E-state index contributed by atoms with van der Waals surface area (Å²) < 4.78 is 26.9. The van der Waals surface area contributed by atoms with E-state index in [2.05, 4.69) is 58.6 Å². The monoisotopic (exact) mass is 471 g/mol. The molecule has 0 heterocycles. The number of nitrogens with one attached hydrogen (secondary N) is 2. The van der Waals surface area contributed by atoms with Gasteiger partial charge in [-0.25, -0.2) is 13.1 Å². The first-order chi connectivity index (χ1) is 16.5. The van der Waals surface area contributed by atoms with Crippen molar-refractivity contribution in [2.75, 3.05) is 13.1 Å². The van der Waals surface area contributed by atoms with Gasteiger partial charge < -0.3 is 5.32 Å². The third-order valence-corrected chi connectivity index (χ3v) is 8.38. The van der Waals surface area contributed by atoms with Crippen molar-refractivity contribution in [1.29, 1.82) is 5.26 Å². The first-order valence-corrected chi connectivity index (χ1v) is 12.9. The Labute approximate surface area is 199 Å². The summed E-state index contributed by atoms with van der Waals surface area (Å²) in [6.07, 6.45) is 1.09. The van der Waals surface area contributed by atoms with Crippen LogP contribution in [0.2, 0.25) is 0 Å². The molecule has 0 aromatic heterocycles. The molecule has 1 amide bonds. The van der Waals surface area contributed by atoms with E-state index in [-0.39, 0.29) is 29.7 Å². The SMILES string of the molecule is N#CCCNS(=O)(=O)c1ccc(C(=O)NCC2CC3c4ccccc4C2c2ccccc23)cc1. The Kier molecular flexibility index (Phi) is 5.94. The minimum atomic E-state index is -3.70. The Morgan fingerprint density at radius 1 is 0.912 bits per heavy atom. The van der Waals surface area contributed by atoms with Crippen molar-refractivity contribution in [1.82, 2.24) is 10.0 Å². The van der Waals surface area contributed by atoms with Crippen molar-refractivity contribution in [3.63, 3.8) is 0 Å². The lowest BCUT2D eigenvalue weighted by atomic mass is 9.59. The van der Waals surface area contributed by atoms with Crippen LogP contribution >= 0.6 is 0 Å². The van der Waals surface area contributed by atoms with Gasteiger partial charge in [-0.15, -0.1) is 0 Å². The maximum atomic E-state index is 12.8. The van der Waals surface area contributed by atoms with Gasteiger partial charge in [0.25, 0.3) is 5.91 Å². The standard InChI is InChI=1S/C27H25N3O3S/c28-14-5-15-30-34(32,33)20-12-10-18(11-13-20)27(31)29-17-19-16-25-21-6-1-3-8-23(21)26(19)24-9-4-2-7-22(24)25/h1-4,6-13,19,25-26,30H,5,15-17H2,(H,29,31). The fourth-order valence-electron chi connectivity index (χ4n) is 5.40. The summed E-state index contributed by atoms with van der Waals surface area (Å²) in [7, 11) is -3.70. The van der Waals surface area contributed by atoms with Gasteiger partial charge in [0.1, 0.15) is 0 Å². The summed E-state index contributed by atoms with van der Waals surface area (Å²) in [5, 5.41) is 11.7. The number of amides is 1. The molecule has 7 heteroatoms. The van der Waals surface area contributed by atoms with Crippen LogP contribution in [0.3, 0.4) is 0 Å². The van der Waals surface area contributed by atoms with Crippen molar-refractivity contribution < 1.29 is 13.2 Å². The van der Waals surface area contributed by atoms with Gasteiger partial charge in [-0.2, -0.15) is 5.26 Å². The number of carbonyl (C=O) groups is 1. The van der Waals surface area contributed by atoms with Crippen LogP contribution in [0.4, 0.5) is 0 Å². The van der Waals surface area contributed by atoms with Crippen LogP contribution in [0, 0.1) is 17.2 Å². The number of rotatable bonds is 7. The lowest BCUT2D eigenvalue weighted by Crippen LogP contribution is -2.39. The fraction of sp³-hybridized carbons (Fsp3) is 0.259. The van der Waals surface area contributed by atoms with Crippen molar-refractivity contribution in [2.24, 2.45) is 5.92 Å². The Morgan fingerprint density at radius 3 is 2.09 bits per heavy atom. The quantitative estimate of drug-likeness (QED) is 0.511. The number of fused-ring (bicyclic) bond motifs is 1. The number of hydrogen-bond donors (Lipinski definition) is 2. The molecule has 3 aliphatic carbocycles. The molecule has 3 aliphatic rings. The number of hydrogen-bond acceptors (Lipinski definition) is 4. The van der Waals surface area contributed by atoms with Crippen LogP contribution in [-0.4, -0.2) is 27.4 Å². The highest BCUT2D eigenvalue weighted by Crippen LogP contribution is 2.55. The van der Waals surface area contributed by atoms with E-state index in [0.29, 0.717) is 23.9 Å². The maximum absolute atomic E-state index is 12.8. The predicted octanol–water partition coefficient (Wildman–Crippen LogP) is 3.91. The molecular formula is C27H25N3O3S. The molecule has 2 N–H and O–H groups in total. The number of benzene rings is 3. The molecule has 0 spiro atoms. The van der Waals surface area contributed by atoms with Crippen LogP contribution in [0.5, 0.6) is 0 Å². The maximum Gasteiger partial charge on any atom is 0.251 e. The van der Waals surface area contributed by atoms with Gasteiger partial charge in [0.15, 0.2) is 0 Å². The van der Waals surface area contributed by atoms with Crippen LogP contribution in [0.15, 0.2) is 77.7 Å². The first kappa shape index (κ1) is 22.3. The third kappa shape index (κ3) is 4.00. The molecule has 2 bridgehead atoms. The largest absolute Gasteiger partial charge is 0.352 e. The molecule has 0 saturated carbocycles. The Hall–Kier alpha value is -3.47. The molecule has 6 rings (SSSR count). The minimum Gasteiger partial charge on any atom is -0.352 e. The van der Waals surface area contributed by atoms with Crippen LogP contribution in [-0.2, 0) is 10.0 Å². The average molecular weight is 472 g/mol. The molecule has 3 aromatic carbocycles. The molecule has 172 valence electrons. The number of carbonyl (C=O) groups excluding carboxylic acids is 1. The second-order valence-electron chi connectivity index (χ2n) is 8.82. The van der Waals surface area contributed by atoms with Crippen molar-refractivity contribution in [2.45, 2.75) is 29.6 Å². The van der Waals surface area contributed by atoms with E-state index in [4.69, 9.17) is 5.26 Å². The van der Waals surface area contributed by atoms with Crippen LogP contribution in [0.1, 0.15) is 57.3 Å². The molecular weight excluding hydrogens is 446 g/mol. The van der Waals surface area contributed by atoms with E-state index in [1.807, 2.05) is 6.07 Å². The topological polar surface area (TPSA) is 99.1 Å². The summed E-state index contributed by atoms with van der Waals surface area (Å²) in [6, 6.07) is 25.0. The highest BCUT2D eigenvalue weighted by Gasteiger charge is 2.42. The van der Waals surface area contributed by atoms with Crippen LogP contribution < -0.4 is 10.0 Å². The normalized spacial score (nSPS) is 20.1. The van der Waals surface area contributed by atoms with E-state index in [0.717, 1.165) is 6.42 Å². The molecule has 34 heavy (non-hydrogen) atoms. The lowest BCUT2D eigenvalue weighted by Gasteiger charge is -2.45. The van der Waals surface area contributed by atoms with Gasteiger partial charge in [0.2, 0.25) is 10.0 Å². The Balaban J connectivity index is 1.29. The second-order valence-corrected chi connectivity index (χ2v) is 10.6. The van der Waals surface area contributed by atoms with Gasteiger partial charge in [-0.05, 0) is 58.9 Å². The molecule has 0 aliphatic heterocycles. The molecule has 6 nitrogen and oxygen atoms in total. The summed E-state index contributed by atoms with van der Waals surface area (Å²) in [5.74, 6) is 0.675. The van der Waals surface area contributed by atoms with E-state index in [1.54, 1.807) is 0 Å². The molecule has 0 saturated heterocycles. The molecule has 1 unspecified atom stereocenters. The summed E-state index contributed by atoms with van der Waals surface area (Å²) in [6.45, 7) is 0.606. The zero-order valence-electron chi connectivity index (χ0n) is 18.6. The van der Waals surface area contributed by atoms with E-state index >= 15 is 0 Å². The zero-order chi connectivity index (χ0) is 23.7. The van der Waals surface area contributed by atoms with E-state index in [9.17, 15) is 13.2 Å². The van der Waals surface area contributed by atoms with E-state index in [1.165, 1.54) is 46.5 Å². The van der Waals surface area contributed by atoms with Gasteiger partial charge in [-0.1, -0.05) is 48.5 Å². The third-order valence-electron chi connectivity index (χ3n) is 6.90. The second kappa shape index (κ2) is 9.05. The highest BCUT2D eigenvalue weighted by molar-refractivity contribution is 7.89. The summed E-state index contributed by atoms with van der Waals surface area (Å²) in [5.41, 5.74) is 5.92. The van der Waals surface area contributed by atoms with Crippen molar-refractivity contribution in [3.05, 3.63) is 101 Å². The number of sulfonamides is 1.